The lowest BCUT2D eigenvalue weighted by atomic mass is 9.89. The predicted molar refractivity (Wildman–Crippen MR) is 180 cm³/mol. The molecule has 0 N–H and O–H groups in total. The monoisotopic (exact) mass is 559 g/mol. The maximum absolute atomic E-state index is 3.16. The Morgan fingerprint density at radius 2 is 0.667 bits per heavy atom. The van der Waals surface area contributed by atoms with Gasteiger partial charge in [0.1, 0.15) is 16.5 Å². The average Bonchev–Trinajstić information content (AvgIpc) is 3.17. The first-order valence-electron chi connectivity index (χ1n) is 14.1. The second kappa shape index (κ2) is 10.5. The van der Waals surface area contributed by atoms with Gasteiger partial charge in [-0.3, -0.25) is 0 Å². The molecule has 0 aromatic heterocycles. The summed E-state index contributed by atoms with van der Waals surface area (Å²) in [5.41, 5.74) is 8.19. The van der Waals surface area contributed by atoms with Crippen LogP contribution in [0.2, 0.25) is 45.8 Å². The molecule has 0 bridgehead atoms. The van der Waals surface area contributed by atoms with Crippen molar-refractivity contribution in [2.24, 2.45) is 0 Å². The van der Waals surface area contributed by atoms with Crippen molar-refractivity contribution in [3.05, 3.63) is 144 Å². The van der Waals surface area contributed by atoms with Crippen LogP contribution in [0.5, 0.6) is 0 Å². The molecule has 4 aromatic carbocycles. The van der Waals surface area contributed by atoms with Crippen molar-refractivity contribution >= 4 is 46.2 Å². The van der Waals surface area contributed by atoms with E-state index in [4.69, 9.17) is 0 Å². The summed E-state index contributed by atoms with van der Waals surface area (Å²) in [7, 11) is -6.07. The summed E-state index contributed by atoms with van der Waals surface area (Å²) in [5.74, 6) is 0. The molecule has 0 fully saturated rings. The minimum atomic E-state index is -2.50. The number of rotatable bonds is 7. The summed E-state index contributed by atoms with van der Waals surface area (Å²) in [5, 5.41) is 3.13. The second-order valence-corrected chi connectivity index (χ2v) is 27.2. The van der Waals surface area contributed by atoms with Gasteiger partial charge in [0.25, 0.3) is 0 Å². The molecule has 0 radical (unpaired) electrons. The SMILES string of the molecule is C[Si](C)(C)N([Si](C)(C)C)[Si]1(C)C(c2ccccc2)=C(c2ccccc2)C(c2ccccc2)=C1c1ccccc1. The zero-order valence-electron chi connectivity index (χ0n) is 24.5. The molecule has 0 saturated heterocycles. The van der Waals surface area contributed by atoms with E-state index in [1.54, 1.807) is 10.4 Å². The van der Waals surface area contributed by atoms with Crippen molar-refractivity contribution in [2.45, 2.75) is 45.8 Å². The van der Waals surface area contributed by atoms with E-state index >= 15 is 0 Å². The third-order valence-corrected chi connectivity index (χ3v) is 25.1. The number of nitrogens with zero attached hydrogens (tertiary/aromatic N) is 1. The lowest BCUT2D eigenvalue weighted by Gasteiger charge is -2.55. The van der Waals surface area contributed by atoms with Gasteiger partial charge < -0.3 is 3.90 Å². The van der Waals surface area contributed by atoms with Crippen LogP contribution in [-0.4, -0.2) is 28.6 Å². The van der Waals surface area contributed by atoms with Crippen molar-refractivity contribution in [1.29, 1.82) is 0 Å². The molecule has 0 unspecified atom stereocenters. The Morgan fingerprint density at radius 3 is 0.923 bits per heavy atom. The Balaban J connectivity index is 2.05. The summed E-state index contributed by atoms with van der Waals surface area (Å²) in [6.07, 6.45) is 0. The molecule has 0 spiro atoms. The van der Waals surface area contributed by atoms with Crippen LogP contribution in [0.25, 0.3) is 21.5 Å². The first-order valence-corrected chi connectivity index (χ1v) is 23.4. The molecule has 0 aliphatic carbocycles. The molecule has 198 valence electrons. The molecular weight excluding hydrogens is 519 g/mol. The first kappa shape index (κ1) is 27.5. The molecule has 1 aliphatic rings. The molecule has 4 heteroatoms. The van der Waals surface area contributed by atoms with E-state index in [9.17, 15) is 0 Å². The highest BCUT2D eigenvalue weighted by Gasteiger charge is 2.56. The minimum absolute atomic E-state index is 1.31. The molecule has 39 heavy (non-hydrogen) atoms. The van der Waals surface area contributed by atoms with E-state index in [1.165, 1.54) is 33.4 Å². The van der Waals surface area contributed by atoms with E-state index in [2.05, 4.69) is 171 Å². The summed E-state index contributed by atoms with van der Waals surface area (Å²) in [4.78, 5) is 0. The van der Waals surface area contributed by atoms with Gasteiger partial charge >= 0.3 is 0 Å². The smallest absolute Gasteiger partial charge is 0.178 e. The standard InChI is InChI=1S/C35H41NSi3/c1-37(2,3)36(38(4,5)6)39(7)34(30-24-16-10-17-25-30)32(28-20-12-8-13-21-28)33(29-22-14-9-15-23-29)35(39)31-26-18-11-19-27-31/h8-27H,1-7H3. The van der Waals surface area contributed by atoms with Gasteiger partial charge in [0.2, 0.25) is 0 Å². The zero-order chi connectivity index (χ0) is 27.8. The van der Waals surface area contributed by atoms with E-state index in [0.717, 1.165) is 0 Å². The maximum Gasteiger partial charge on any atom is 0.178 e. The van der Waals surface area contributed by atoms with E-state index in [0.29, 0.717) is 0 Å². The highest BCUT2D eigenvalue weighted by atomic mass is 28.5. The van der Waals surface area contributed by atoms with Crippen LogP contribution >= 0.6 is 0 Å². The summed E-state index contributed by atoms with van der Waals surface area (Å²) in [6.45, 7) is 18.1. The van der Waals surface area contributed by atoms with Gasteiger partial charge in [0, 0.05) is 0 Å². The van der Waals surface area contributed by atoms with E-state index < -0.39 is 24.7 Å². The van der Waals surface area contributed by atoms with Crippen molar-refractivity contribution < 1.29 is 0 Å². The van der Waals surface area contributed by atoms with Crippen LogP contribution in [0.15, 0.2) is 121 Å². The van der Waals surface area contributed by atoms with Gasteiger partial charge in [-0.15, -0.1) is 0 Å². The topological polar surface area (TPSA) is 3.24 Å². The van der Waals surface area contributed by atoms with E-state index in [1.807, 2.05) is 0 Å². The quantitative estimate of drug-likeness (QED) is 0.204. The Labute approximate surface area is 238 Å². The largest absolute Gasteiger partial charge is 0.361 e. The highest BCUT2D eigenvalue weighted by Crippen LogP contribution is 2.58. The summed E-state index contributed by atoms with van der Waals surface area (Å²) in [6, 6.07) is 44.9. The van der Waals surface area contributed by atoms with Gasteiger partial charge in [-0.25, -0.2) is 0 Å². The van der Waals surface area contributed by atoms with Crippen molar-refractivity contribution in [3.63, 3.8) is 0 Å². The minimum Gasteiger partial charge on any atom is -0.361 e. The first-order chi connectivity index (χ1) is 18.5. The molecule has 4 aromatic rings. The molecule has 5 rings (SSSR count). The van der Waals surface area contributed by atoms with Crippen LogP contribution in [0, 0.1) is 0 Å². The van der Waals surface area contributed by atoms with Gasteiger partial charge in [-0.2, -0.15) is 0 Å². The summed E-state index contributed by atoms with van der Waals surface area (Å²) < 4.78 is 3.16. The van der Waals surface area contributed by atoms with Gasteiger partial charge in [-0.05, 0) is 50.3 Å². The molecule has 0 saturated carbocycles. The fourth-order valence-corrected chi connectivity index (χ4v) is 31.1. The van der Waals surface area contributed by atoms with Crippen LogP contribution < -0.4 is 0 Å². The number of benzene rings is 4. The Morgan fingerprint density at radius 1 is 0.410 bits per heavy atom. The van der Waals surface area contributed by atoms with Gasteiger partial charge in [-0.1, -0.05) is 161 Å². The molecule has 1 nitrogen and oxygen atoms in total. The van der Waals surface area contributed by atoms with Gasteiger partial charge in [0.15, 0.2) is 8.24 Å². The van der Waals surface area contributed by atoms with Crippen molar-refractivity contribution in [2.75, 3.05) is 0 Å². The molecule has 1 heterocycles. The molecule has 0 amide bonds. The van der Waals surface area contributed by atoms with Crippen molar-refractivity contribution in [1.82, 2.24) is 3.90 Å². The van der Waals surface area contributed by atoms with E-state index in [-0.39, 0.29) is 0 Å². The van der Waals surface area contributed by atoms with Crippen LogP contribution in [0.3, 0.4) is 0 Å². The predicted octanol–water partition coefficient (Wildman–Crippen LogP) is 9.85. The Kier molecular flexibility index (Phi) is 7.42. The molecule has 0 atom stereocenters. The average molecular weight is 560 g/mol. The number of allylic oxidation sites excluding steroid dienone is 2. The number of hydrogen-bond donors (Lipinski definition) is 0. The zero-order valence-corrected chi connectivity index (χ0v) is 27.5. The van der Waals surface area contributed by atoms with Crippen LogP contribution in [0.4, 0.5) is 0 Å². The fraction of sp³-hybridized carbons (Fsp3) is 0.200. The normalized spacial score (nSPS) is 15.8. The highest BCUT2D eigenvalue weighted by molar-refractivity contribution is 7.21. The summed E-state index contributed by atoms with van der Waals surface area (Å²) >= 11 is 0. The lowest BCUT2D eigenvalue weighted by molar-refractivity contribution is 0.922. The van der Waals surface area contributed by atoms with Gasteiger partial charge in [0.05, 0.1) is 0 Å². The third kappa shape index (κ3) is 5.03. The van der Waals surface area contributed by atoms with Crippen LogP contribution in [0.1, 0.15) is 22.3 Å². The third-order valence-electron chi connectivity index (χ3n) is 7.76. The Bertz CT molecular complexity index is 1380. The lowest BCUT2D eigenvalue weighted by Crippen LogP contribution is -2.71. The fourth-order valence-electron chi connectivity index (χ4n) is 7.28. The maximum atomic E-state index is 3.16. The second-order valence-electron chi connectivity index (χ2n) is 12.7. The number of hydrogen-bond acceptors (Lipinski definition) is 1. The van der Waals surface area contributed by atoms with Crippen molar-refractivity contribution in [3.8, 4) is 0 Å². The Hall–Kier alpha value is -3.03. The van der Waals surface area contributed by atoms with Crippen LogP contribution in [-0.2, 0) is 0 Å². The molecular formula is C35H41NSi3. The molecule has 1 aliphatic heterocycles.